The molecule has 0 aliphatic carbocycles. The molecule has 0 spiro atoms. The van der Waals surface area contributed by atoms with Gasteiger partial charge in [-0.15, -0.1) is 0 Å². The number of benzene rings is 1. The Bertz CT molecular complexity index is 756. The molecule has 1 fully saturated rings. The Labute approximate surface area is 146 Å². The van der Waals surface area contributed by atoms with E-state index in [0.717, 1.165) is 0 Å². The summed E-state index contributed by atoms with van der Waals surface area (Å²) < 4.78 is 5.68. The van der Waals surface area contributed by atoms with Gasteiger partial charge >= 0.3 is 0 Å². The minimum absolute atomic E-state index is 0.0194. The number of anilines is 1. The van der Waals surface area contributed by atoms with Crippen molar-refractivity contribution in [3.8, 4) is 0 Å². The highest BCUT2D eigenvalue weighted by Gasteiger charge is 2.28. The van der Waals surface area contributed by atoms with E-state index in [-0.39, 0.29) is 23.8 Å². The molecule has 1 saturated heterocycles. The van der Waals surface area contributed by atoms with Crippen molar-refractivity contribution in [2.45, 2.75) is 26.1 Å². The molecule has 7 nitrogen and oxygen atoms in total. The Hall–Kier alpha value is -2.80. The van der Waals surface area contributed by atoms with Crippen molar-refractivity contribution in [3.05, 3.63) is 54.1 Å². The van der Waals surface area contributed by atoms with Gasteiger partial charge in [0.05, 0.1) is 29.7 Å². The van der Waals surface area contributed by atoms with E-state index in [2.05, 4.69) is 15.3 Å². The maximum absolute atomic E-state index is 12.9. The van der Waals surface area contributed by atoms with E-state index in [4.69, 9.17) is 4.74 Å². The number of rotatable bonds is 3. The van der Waals surface area contributed by atoms with Crippen molar-refractivity contribution >= 4 is 17.5 Å². The molecule has 1 aromatic heterocycles. The number of morpholine rings is 1. The number of hydrogen-bond acceptors (Lipinski definition) is 5. The summed E-state index contributed by atoms with van der Waals surface area (Å²) in [7, 11) is 0. The first-order valence-electron chi connectivity index (χ1n) is 8.15. The standard InChI is InChI=1S/C18H20N4O3/c1-12-10-22(11-13(2)25-12)18(24)14-5-3-4-6-15(14)21-17(23)16-9-19-7-8-20-16/h3-9,12-13H,10-11H2,1-2H3,(H,21,23)/t12-,13-/m0/s1. The van der Waals surface area contributed by atoms with Crippen molar-refractivity contribution in [2.75, 3.05) is 18.4 Å². The first-order valence-corrected chi connectivity index (χ1v) is 8.15. The van der Waals surface area contributed by atoms with Crippen LogP contribution in [0.2, 0.25) is 0 Å². The number of nitrogens with one attached hydrogen (secondary N) is 1. The van der Waals surface area contributed by atoms with E-state index in [1.165, 1.54) is 18.6 Å². The minimum Gasteiger partial charge on any atom is -0.372 e. The van der Waals surface area contributed by atoms with Crippen LogP contribution in [0.1, 0.15) is 34.7 Å². The van der Waals surface area contributed by atoms with Crippen LogP contribution in [-0.4, -0.2) is 52.0 Å². The second kappa shape index (κ2) is 7.40. The van der Waals surface area contributed by atoms with Gasteiger partial charge in [-0.1, -0.05) is 12.1 Å². The lowest BCUT2D eigenvalue weighted by atomic mass is 10.1. The topological polar surface area (TPSA) is 84.4 Å². The van der Waals surface area contributed by atoms with Gasteiger partial charge in [-0.25, -0.2) is 4.98 Å². The average Bonchev–Trinajstić information content (AvgIpc) is 2.61. The van der Waals surface area contributed by atoms with Gasteiger partial charge in [0, 0.05) is 25.5 Å². The molecule has 0 saturated carbocycles. The third-order valence-corrected chi connectivity index (χ3v) is 3.91. The largest absolute Gasteiger partial charge is 0.372 e. The van der Waals surface area contributed by atoms with Crippen LogP contribution in [0.3, 0.4) is 0 Å². The van der Waals surface area contributed by atoms with Gasteiger partial charge in [0.15, 0.2) is 0 Å². The fraction of sp³-hybridized carbons (Fsp3) is 0.333. The Morgan fingerprint density at radius 1 is 1.16 bits per heavy atom. The fourth-order valence-corrected chi connectivity index (χ4v) is 2.90. The van der Waals surface area contributed by atoms with Crippen molar-refractivity contribution in [3.63, 3.8) is 0 Å². The molecule has 25 heavy (non-hydrogen) atoms. The highest BCUT2D eigenvalue weighted by Crippen LogP contribution is 2.21. The monoisotopic (exact) mass is 340 g/mol. The Balaban J connectivity index is 1.81. The molecule has 0 bridgehead atoms. The van der Waals surface area contributed by atoms with Gasteiger partial charge in [0.2, 0.25) is 0 Å². The molecular weight excluding hydrogens is 320 g/mol. The van der Waals surface area contributed by atoms with Crippen LogP contribution >= 0.6 is 0 Å². The molecule has 2 atom stereocenters. The Morgan fingerprint density at radius 3 is 2.56 bits per heavy atom. The molecule has 0 radical (unpaired) electrons. The lowest BCUT2D eigenvalue weighted by Crippen LogP contribution is -2.48. The van der Waals surface area contributed by atoms with Gasteiger partial charge in [0.25, 0.3) is 11.8 Å². The maximum atomic E-state index is 12.9. The number of carbonyl (C=O) groups is 2. The summed E-state index contributed by atoms with van der Waals surface area (Å²) in [5, 5.41) is 2.75. The maximum Gasteiger partial charge on any atom is 0.275 e. The minimum atomic E-state index is -0.405. The highest BCUT2D eigenvalue weighted by atomic mass is 16.5. The number of aromatic nitrogens is 2. The summed E-state index contributed by atoms with van der Waals surface area (Å²) in [5.41, 5.74) is 1.09. The second-order valence-corrected chi connectivity index (χ2v) is 6.06. The number of ether oxygens (including phenoxy) is 1. The van der Waals surface area contributed by atoms with Gasteiger partial charge in [-0.3, -0.25) is 14.6 Å². The predicted octanol–water partition coefficient (Wildman–Crippen LogP) is 1.98. The highest BCUT2D eigenvalue weighted by molar-refractivity contribution is 6.08. The third kappa shape index (κ3) is 4.00. The van der Waals surface area contributed by atoms with Crippen molar-refractivity contribution in [2.24, 2.45) is 0 Å². The van der Waals surface area contributed by atoms with Crippen LogP contribution in [0.15, 0.2) is 42.9 Å². The smallest absolute Gasteiger partial charge is 0.275 e. The zero-order valence-electron chi connectivity index (χ0n) is 14.2. The molecule has 1 aromatic carbocycles. The average molecular weight is 340 g/mol. The Kier molecular flexibility index (Phi) is 5.04. The quantitative estimate of drug-likeness (QED) is 0.923. The summed E-state index contributed by atoms with van der Waals surface area (Å²) in [6.45, 7) is 4.93. The van der Waals surface area contributed by atoms with Crippen LogP contribution in [0, 0.1) is 0 Å². The zero-order valence-corrected chi connectivity index (χ0v) is 14.2. The van der Waals surface area contributed by atoms with Crippen molar-refractivity contribution in [1.29, 1.82) is 0 Å². The lowest BCUT2D eigenvalue weighted by Gasteiger charge is -2.35. The first kappa shape index (κ1) is 17.0. The number of hydrogen-bond donors (Lipinski definition) is 1. The Morgan fingerprint density at radius 2 is 1.88 bits per heavy atom. The lowest BCUT2D eigenvalue weighted by molar-refractivity contribution is -0.0585. The summed E-state index contributed by atoms with van der Waals surface area (Å²) in [6, 6.07) is 6.96. The first-order chi connectivity index (χ1) is 12.0. The molecule has 130 valence electrons. The summed E-state index contributed by atoms with van der Waals surface area (Å²) >= 11 is 0. The van der Waals surface area contributed by atoms with Crippen molar-refractivity contribution in [1.82, 2.24) is 14.9 Å². The summed E-state index contributed by atoms with van der Waals surface area (Å²) in [6.07, 6.45) is 4.28. The molecule has 3 rings (SSSR count). The van der Waals surface area contributed by atoms with Crippen molar-refractivity contribution < 1.29 is 14.3 Å². The molecule has 1 aliphatic rings. The predicted molar refractivity (Wildman–Crippen MR) is 92.3 cm³/mol. The third-order valence-electron chi connectivity index (χ3n) is 3.91. The van der Waals surface area contributed by atoms with E-state index in [9.17, 15) is 9.59 Å². The van der Waals surface area contributed by atoms with Crippen LogP contribution < -0.4 is 5.32 Å². The van der Waals surface area contributed by atoms with Crippen LogP contribution in [0.4, 0.5) is 5.69 Å². The molecular formula is C18H20N4O3. The normalized spacial score (nSPS) is 20.2. The number of para-hydroxylation sites is 1. The second-order valence-electron chi connectivity index (χ2n) is 6.06. The summed E-state index contributed by atoms with van der Waals surface area (Å²) in [5.74, 6) is -0.533. The van der Waals surface area contributed by atoms with Crippen LogP contribution in [-0.2, 0) is 4.74 Å². The van der Waals surface area contributed by atoms with Crippen LogP contribution in [0.25, 0.3) is 0 Å². The molecule has 2 aromatic rings. The molecule has 0 unspecified atom stereocenters. The van der Waals surface area contributed by atoms with E-state index < -0.39 is 5.91 Å². The van der Waals surface area contributed by atoms with Gasteiger partial charge in [-0.2, -0.15) is 0 Å². The van der Waals surface area contributed by atoms with Gasteiger partial charge in [0.1, 0.15) is 5.69 Å². The molecule has 2 heterocycles. The molecule has 1 N–H and O–H groups in total. The fourth-order valence-electron chi connectivity index (χ4n) is 2.90. The summed E-state index contributed by atoms with van der Waals surface area (Å²) in [4.78, 5) is 34.8. The van der Waals surface area contributed by atoms with E-state index >= 15 is 0 Å². The van der Waals surface area contributed by atoms with Gasteiger partial charge in [-0.05, 0) is 26.0 Å². The SMILES string of the molecule is C[C@H]1CN(C(=O)c2ccccc2NC(=O)c2cnccn2)C[C@H](C)O1. The van der Waals surface area contributed by atoms with E-state index in [1.807, 2.05) is 13.8 Å². The number of carbonyl (C=O) groups excluding carboxylic acids is 2. The molecule has 7 heteroatoms. The van der Waals surface area contributed by atoms with E-state index in [1.54, 1.807) is 29.2 Å². The zero-order chi connectivity index (χ0) is 17.8. The van der Waals surface area contributed by atoms with Crippen LogP contribution in [0.5, 0.6) is 0 Å². The van der Waals surface area contributed by atoms with Gasteiger partial charge < -0.3 is 15.0 Å². The van der Waals surface area contributed by atoms with E-state index in [0.29, 0.717) is 24.3 Å². The molecule has 2 amide bonds. The molecule has 1 aliphatic heterocycles. The number of nitrogens with zero attached hydrogens (tertiary/aromatic N) is 3. The number of amides is 2.